The molecule has 0 spiro atoms. The molecule has 1 aromatic heterocycles. The van der Waals surface area contributed by atoms with Crippen LogP contribution in [-0.4, -0.2) is 10.8 Å². The fourth-order valence-electron chi connectivity index (χ4n) is 1.29. The number of aromatic nitrogens is 1. The predicted octanol–water partition coefficient (Wildman–Crippen LogP) is 2.49. The van der Waals surface area contributed by atoms with Gasteiger partial charge in [0.15, 0.2) is 0 Å². The number of carbonyl (C=O) groups excluding carboxylic acids is 1. The summed E-state index contributed by atoms with van der Waals surface area (Å²) >= 11 is 7.32. The first-order valence-electron chi connectivity index (χ1n) is 4.66. The monoisotopic (exact) mass is 252 g/mol. The van der Waals surface area contributed by atoms with Crippen LogP contribution in [0.5, 0.6) is 0 Å². The van der Waals surface area contributed by atoms with E-state index in [-0.39, 0.29) is 5.78 Å². The van der Waals surface area contributed by atoms with Crippen molar-refractivity contribution in [3.63, 3.8) is 0 Å². The Balaban J connectivity index is 2.35. The SMILES string of the molecule is NCc1nc(C(=O)c2ccccc2Cl)cs1. The van der Waals surface area contributed by atoms with Gasteiger partial charge in [0.1, 0.15) is 10.7 Å². The molecule has 2 aromatic rings. The van der Waals surface area contributed by atoms with Crippen LogP contribution in [0.2, 0.25) is 5.02 Å². The second-order valence-corrected chi connectivity index (χ2v) is 4.49. The summed E-state index contributed by atoms with van der Waals surface area (Å²) in [7, 11) is 0. The first-order valence-corrected chi connectivity index (χ1v) is 5.92. The third-order valence-electron chi connectivity index (χ3n) is 2.08. The minimum absolute atomic E-state index is 0.165. The zero-order valence-electron chi connectivity index (χ0n) is 8.31. The van der Waals surface area contributed by atoms with Gasteiger partial charge in [-0.3, -0.25) is 4.79 Å². The molecule has 5 heteroatoms. The summed E-state index contributed by atoms with van der Waals surface area (Å²) in [4.78, 5) is 16.1. The van der Waals surface area contributed by atoms with Gasteiger partial charge in [-0.15, -0.1) is 11.3 Å². The van der Waals surface area contributed by atoms with Crippen molar-refractivity contribution in [1.82, 2.24) is 4.98 Å². The fraction of sp³-hybridized carbons (Fsp3) is 0.0909. The van der Waals surface area contributed by atoms with Gasteiger partial charge in [0.05, 0.1) is 5.02 Å². The van der Waals surface area contributed by atoms with Gasteiger partial charge in [0.25, 0.3) is 0 Å². The summed E-state index contributed by atoms with van der Waals surface area (Å²) in [6.07, 6.45) is 0. The Morgan fingerprint density at radius 2 is 2.19 bits per heavy atom. The maximum atomic E-state index is 12.0. The van der Waals surface area contributed by atoms with E-state index in [1.54, 1.807) is 29.6 Å². The molecule has 2 rings (SSSR count). The molecule has 0 fully saturated rings. The van der Waals surface area contributed by atoms with E-state index in [9.17, 15) is 4.79 Å². The Hall–Kier alpha value is -1.23. The van der Waals surface area contributed by atoms with E-state index in [1.165, 1.54) is 11.3 Å². The second-order valence-electron chi connectivity index (χ2n) is 3.14. The normalized spacial score (nSPS) is 10.4. The highest BCUT2D eigenvalue weighted by Gasteiger charge is 2.15. The maximum Gasteiger partial charge on any atom is 0.213 e. The lowest BCUT2D eigenvalue weighted by molar-refractivity contribution is 0.103. The van der Waals surface area contributed by atoms with Gasteiger partial charge in [0.2, 0.25) is 5.78 Å². The summed E-state index contributed by atoms with van der Waals surface area (Å²) in [5.41, 5.74) is 6.31. The molecule has 0 radical (unpaired) electrons. The Labute approximate surface area is 102 Å². The lowest BCUT2D eigenvalue weighted by atomic mass is 10.1. The molecule has 1 aromatic carbocycles. The van der Waals surface area contributed by atoms with Crippen LogP contribution >= 0.6 is 22.9 Å². The molecule has 0 atom stereocenters. The topological polar surface area (TPSA) is 56.0 Å². The largest absolute Gasteiger partial charge is 0.325 e. The van der Waals surface area contributed by atoms with E-state index in [2.05, 4.69) is 4.98 Å². The number of carbonyl (C=O) groups is 1. The average Bonchev–Trinajstić information content (AvgIpc) is 2.77. The van der Waals surface area contributed by atoms with Gasteiger partial charge >= 0.3 is 0 Å². The molecular weight excluding hydrogens is 244 g/mol. The van der Waals surface area contributed by atoms with Crippen LogP contribution < -0.4 is 5.73 Å². The molecule has 82 valence electrons. The first-order chi connectivity index (χ1) is 7.72. The number of nitrogens with zero attached hydrogens (tertiary/aromatic N) is 1. The molecule has 1 heterocycles. The highest BCUT2D eigenvalue weighted by atomic mass is 35.5. The molecule has 0 saturated heterocycles. The minimum atomic E-state index is -0.165. The van der Waals surface area contributed by atoms with E-state index < -0.39 is 0 Å². The maximum absolute atomic E-state index is 12.0. The van der Waals surface area contributed by atoms with E-state index >= 15 is 0 Å². The molecule has 0 bridgehead atoms. The molecule has 0 aliphatic rings. The molecule has 0 aliphatic heterocycles. The highest BCUT2D eigenvalue weighted by molar-refractivity contribution is 7.09. The number of hydrogen-bond donors (Lipinski definition) is 1. The van der Waals surface area contributed by atoms with Gasteiger partial charge in [-0.05, 0) is 12.1 Å². The first kappa shape index (κ1) is 11.3. The van der Waals surface area contributed by atoms with Gasteiger partial charge in [-0.25, -0.2) is 4.98 Å². The van der Waals surface area contributed by atoms with Crippen molar-refractivity contribution in [2.24, 2.45) is 5.73 Å². The summed E-state index contributed by atoms with van der Waals surface area (Å²) in [5, 5.41) is 2.89. The molecular formula is C11H9ClN2OS. The van der Waals surface area contributed by atoms with Crippen LogP contribution in [-0.2, 0) is 6.54 Å². The molecule has 0 aliphatic carbocycles. The van der Waals surface area contributed by atoms with Crippen LogP contribution in [0.3, 0.4) is 0 Å². The third kappa shape index (κ3) is 2.14. The number of halogens is 1. The van der Waals surface area contributed by atoms with E-state index in [4.69, 9.17) is 17.3 Å². The van der Waals surface area contributed by atoms with Crippen molar-refractivity contribution >= 4 is 28.7 Å². The predicted molar refractivity (Wildman–Crippen MR) is 64.9 cm³/mol. The van der Waals surface area contributed by atoms with Crippen molar-refractivity contribution in [1.29, 1.82) is 0 Å². The van der Waals surface area contributed by atoms with Crippen LogP contribution in [0, 0.1) is 0 Å². The average molecular weight is 253 g/mol. The van der Waals surface area contributed by atoms with Gasteiger partial charge in [0, 0.05) is 17.5 Å². The zero-order valence-corrected chi connectivity index (χ0v) is 9.89. The standard InChI is InChI=1S/C11H9ClN2OS/c12-8-4-2-1-3-7(8)11(15)9-6-16-10(5-13)14-9/h1-4,6H,5,13H2. The van der Waals surface area contributed by atoms with Gasteiger partial charge in [-0.2, -0.15) is 0 Å². The summed E-state index contributed by atoms with van der Waals surface area (Å²) in [5.74, 6) is -0.165. The summed E-state index contributed by atoms with van der Waals surface area (Å²) in [6, 6.07) is 6.93. The van der Waals surface area contributed by atoms with Crippen LogP contribution in [0.4, 0.5) is 0 Å². The molecule has 16 heavy (non-hydrogen) atoms. The number of hydrogen-bond acceptors (Lipinski definition) is 4. The second kappa shape index (κ2) is 4.74. The number of thiazole rings is 1. The number of nitrogens with two attached hydrogens (primary N) is 1. The van der Waals surface area contributed by atoms with Crippen LogP contribution in [0.1, 0.15) is 21.1 Å². The van der Waals surface area contributed by atoms with Crippen molar-refractivity contribution in [2.75, 3.05) is 0 Å². The van der Waals surface area contributed by atoms with E-state index in [1.807, 2.05) is 0 Å². The number of benzene rings is 1. The molecule has 0 saturated carbocycles. The summed E-state index contributed by atoms with van der Waals surface area (Å²) < 4.78 is 0. The van der Waals surface area contributed by atoms with E-state index in [0.717, 1.165) is 5.01 Å². The number of ketones is 1. The molecule has 3 nitrogen and oxygen atoms in total. The lowest BCUT2D eigenvalue weighted by Gasteiger charge is -1.99. The molecule has 0 amide bonds. The van der Waals surface area contributed by atoms with Gasteiger partial charge < -0.3 is 5.73 Å². The Morgan fingerprint density at radius 1 is 1.44 bits per heavy atom. The van der Waals surface area contributed by atoms with Crippen molar-refractivity contribution in [3.05, 3.63) is 50.9 Å². The van der Waals surface area contributed by atoms with Crippen molar-refractivity contribution < 1.29 is 4.79 Å². The van der Waals surface area contributed by atoms with Crippen molar-refractivity contribution in [2.45, 2.75) is 6.54 Å². The van der Waals surface area contributed by atoms with E-state index in [0.29, 0.717) is 22.8 Å². The fourth-order valence-corrected chi connectivity index (χ4v) is 2.17. The van der Waals surface area contributed by atoms with Crippen LogP contribution in [0.25, 0.3) is 0 Å². The Kier molecular flexibility index (Phi) is 3.33. The molecule has 0 unspecified atom stereocenters. The highest BCUT2D eigenvalue weighted by Crippen LogP contribution is 2.20. The lowest BCUT2D eigenvalue weighted by Crippen LogP contribution is -2.03. The Bertz CT molecular complexity index is 524. The molecule has 2 N–H and O–H groups in total. The summed E-state index contributed by atoms with van der Waals surface area (Å²) in [6.45, 7) is 0.348. The number of rotatable bonds is 3. The van der Waals surface area contributed by atoms with Gasteiger partial charge in [-0.1, -0.05) is 23.7 Å². The minimum Gasteiger partial charge on any atom is -0.325 e. The smallest absolute Gasteiger partial charge is 0.213 e. The Morgan fingerprint density at radius 3 is 2.81 bits per heavy atom. The van der Waals surface area contributed by atoms with Crippen molar-refractivity contribution in [3.8, 4) is 0 Å². The third-order valence-corrected chi connectivity index (χ3v) is 3.28. The quantitative estimate of drug-likeness (QED) is 0.854. The zero-order chi connectivity index (χ0) is 11.5. The van der Waals surface area contributed by atoms with Crippen LogP contribution in [0.15, 0.2) is 29.6 Å².